The molecule has 1 aromatic carbocycles. The second-order valence-electron chi connectivity index (χ2n) is 4.45. The molecule has 2 atom stereocenters. The molecule has 0 bridgehead atoms. The molecule has 1 aliphatic rings. The number of piperidine rings is 1. The molecule has 2 rings (SSSR count). The van der Waals surface area contributed by atoms with Gasteiger partial charge < -0.3 is 15.2 Å². The Kier molecular flexibility index (Phi) is 3.80. The van der Waals surface area contributed by atoms with E-state index in [1.165, 1.54) is 12.0 Å². The van der Waals surface area contributed by atoms with E-state index in [2.05, 4.69) is 11.4 Å². The molecule has 3 heteroatoms. The molecular weight excluding hydrogens is 202 g/mol. The summed E-state index contributed by atoms with van der Waals surface area (Å²) in [6.07, 6.45) is 2.29. The van der Waals surface area contributed by atoms with Crippen LogP contribution in [0.1, 0.15) is 24.4 Å². The Labute approximate surface area is 96.4 Å². The van der Waals surface area contributed by atoms with Crippen molar-refractivity contribution in [2.24, 2.45) is 5.92 Å². The largest absolute Gasteiger partial charge is 0.508 e. The third-order valence-electron chi connectivity index (χ3n) is 3.19. The minimum atomic E-state index is 0.346. The number of aromatic hydroxyl groups is 1. The highest BCUT2D eigenvalue weighted by Gasteiger charge is 2.21. The second-order valence-corrected chi connectivity index (χ2v) is 4.45. The molecule has 0 spiro atoms. The summed E-state index contributed by atoms with van der Waals surface area (Å²) in [6, 6.07) is 7.89. The van der Waals surface area contributed by atoms with Crippen LogP contribution in [0.5, 0.6) is 5.75 Å². The number of hydrogen-bond acceptors (Lipinski definition) is 3. The van der Waals surface area contributed by atoms with Crippen molar-refractivity contribution in [3.05, 3.63) is 29.8 Å². The lowest BCUT2D eigenvalue weighted by molar-refractivity contribution is 0.129. The average Bonchev–Trinajstić information content (AvgIpc) is 2.30. The van der Waals surface area contributed by atoms with Gasteiger partial charge in [-0.05, 0) is 36.5 Å². The Balaban J connectivity index is 1.94. The maximum Gasteiger partial charge on any atom is 0.115 e. The Hall–Kier alpha value is -1.06. The molecule has 2 unspecified atom stereocenters. The summed E-state index contributed by atoms with van der Waals surface area (Å²) in [6.45, 7) is 1.83. The fourth-order valence-electron chi connectivity index (χ4n) is 2.32. The van der Waals surface area contributed by atoms with Crippen LogP contribution in [0, 0.1) is 5.92 Å². The van der Waals surface area contributed by atoms with Gasteiger partial charge in [0.25, 0.3) is 0 Å². The van der Waals surface area contributed by atoms with E-state index in [0.29, 0.717) is 17.7 Å². The topological polar surface area (TPSA) is 41.5 Å². The van der Waals surface area contributed by atoms with Crippen molar-refractivity contribution in [3.63, 3.8) is 0 Å². The standard InChI is InChI=1S/C13H19NO2/c1-16-9-10-5-6-13(14-8-10)11-3-2-4-12(15)7-11/h2-4,7,10,13-15H,5-6,8-9H2,1H3. The minimum absolute atomic E-state index is 0.346. The number of hydrogen-bond donors (Lipinski definition) is 2. The highest BCUT2D eigenvalue weighted by Crippen LogP contribution is 2.27. The maximum absolute atomic E-state index is 9.43. The van der Waals surface area contributed by atoms with Crippen molar-refractivity contribution in [2.45, 2.75) is 18.9 Å². The Morgan fingerprint density at radius 2 is 2.31 bits per heavy atom. The van der Waals surface area contributed by atoms with Gasteiger partial charge in [-0.2, -0.15) is 0 Å². The molecule has 0 saturated carbocycles. The zero-order valence-electron chi connectivity index (χ0n) is 9.65. The summed E-state index contributed by atoms with van der Waals surface area (Å²) in [4.78, 5) is 0. The van der Waals surface area contributed by atoms with Gasteiger partial charge in [0.1, 0.15) is 5.75 Å². The maximum atomic E-state index is 9.43. The van der Waals surface area contributed by atoms with Crippen LogP contribution in [0.3, 0.4) is 0 Å². The Morgan fingerprint density at radius 3 is 2.94 bits per heavy atom. The van der Waals surface area contributed by atoms with Gasteiger partial charge in [0, 0.05) is 19.7 Å². The number of nitrogens with one attached hydrogen (secondary N) is 1. The number of ether oxygens (including phenoxy) is 1. The first kappa shape index (κ1) is 11.4. The fraction of sp³-hybridized carbons (Fsp3) is 0.538. The molecular formula is C13H19NO2. The zero-order chi connectivity index (χ0) is 11.4. The molecule has 1 fully saturated rings. The van der Waals surface area contributed by atoms with E-state index in [4.69, 9.17) is 4.74 Å². The number of methoxy groups -OCH3 is 1. The zero-order valence-corrected chi connectivity index (χ0v) is 9.65. The monoisotopic (exact) mass is 221 g/mol. The van der Waals surface area contributed by atoms with E-state index in [0.717, 1.165) is 19.6 Å². The second kappa shape index (κ2) is 5.32. The molecule has 1 saturated heterocycles. The molecule has 1 aliphatic heterocycles. The van der Waals surface area contributed by atoms with Gasteiger partial charge in [-0.15, -0.1) is 0 Å². The summed E-state index contributed by atoms with van der Waals surface area (Å²) in [5, 5.41) is 12.9. The molecule has 16 heavy (non-hydrogen) atoms. The Morgan fingerprint density at radius 1 is 1.44 bits per heavy atom. The number of phenolic OH excluding ortho intramolecular Hbond substituents is 1. The lowest BCUT2D eigenvalue weighted by Crippen LogP contribution is -2.35. The van der Waals surface area contributed by atoms with Crippen LogP contribution in [0.2, 0.25) is 0 Å². The van der Waals surface area contributed by atoms with Crippen LogP contribution >= 0.6 is 0 Å². The first-order valence-electron chi connectivity index (χ1n) is 5.81. The molecule has 0 aliphatic carbocycles. The third kappa shape index (κ3) is 2.74. The molecule has 1 aromatic rings. The first-order chi connectivity index (χ1) is 7.79. The van der Waals surface area contributed by atoms with Crippen LogP contribution < -0.4 is 5.32 Å². The third-order valence-corrected chi connectivity index (χ3v) is 3.19. The van der Waals surface area contributed by atoms with Crippen molar-refractivity contribution in [1.82, 2.24) is 5.32 Å². The lowest BCUT2D eigenvalue weighted by Gasteiger charge is -2.29. The molecule has 88 valence electrons. The quantitative estimate of drug-likeness (QED) is 0.821. The average molecular weight is 221 g/mol. The van der Waals surface area contributed by atoms with Gasteiger partial charge in [0.05, 0.1) is 6.61 Å². The van der Waals surface area contributed by atoms with Crippen molar-refractivity contribution < 1.29 is 9.84 Å². The first-order valence-corrected chi connectivity index (χ1v) is 5.81. The highest BCUT2D eigenvalue weighted by atomic mass is 16.5. The van der Waals surface area contributed by atoms with Crippen LogP contribution in [-0.2, 0) is 4.74 Å². The fourth-order valence-corrected chi connectivity index (χ4v) is 2.32. The summed E-state index contributed by atoms with van der Waals surface area (Å²) >= 11 is 0. The molecule has 0 aromatic heterocycles. The number of rotatable bonds is 3. The van der Waals surface area contributed by atoms with E-state index in [1.807, 2.05) is 12.1 Å². The van der Waals surface area contributed by atoms with Crippen LogP contribution in [0.4, 0.5) is 0 Å². The van der Waals surface area contributed by atoms with Gasteiger partial charge in [-0.25, -0.2) is 0 Å². The molecule has 2 N–H and O–H groups in total. The van der Waals surface area contributed by atoms with Crippen LogP contribution in [-0.4, -0.2) is 25.4 Å². The van der Waals surface area contributed by atoms with Gasteiger partial charge >= 0.3 is 0 Å². The summed E-state index contributed by atoms with van der Waals surface area (Å²) in [5.74, 6) is 0.969. The van der Waals surface area contributed by atoms with Crippen molar-refractivity contribution >= 4 is 0 Å². The van der Waals surface area contributed by atoms with Crippen molar-refractivity contribution in [2.75, 3.05) is 20.3 Å². The number of benzene rings is 1. The van der Waals surface area contributed by atoms with Crippen molar-refractivity contribution in [1.29, 1.82) is 0 Å². The summed E-state index contributed by atoms with van der Waals surface area (Å²) in [5.41, 5.74) is 1.18. The van der Waals surface area contributed by atoms with Gasteiger partial charge in [0.2, 0.25) is 0 Å². The van der Waals surface area contributed by atoms with Gasteiger partial charge in [-0.1, -0.05) is 12.1 Å². The predicted molar refractivity (Wildman–Crippen MR) is 63.5 cm³/mol. The van der Waals surface area contributed by atoms with E-state index in [1.54, 1.807) is 13.2 Å². The summed E-state index contributed by atoms with van der Waals surface area (Å²) < 4.78 is 5.16. The van der Waals surface area contributed by atoms with E-state index >= 15 is 0 Å². The minimum Gasteiger partial charge on any atom is -0.508 e. The molecule has 0 amide bonds. The number of phenols is 1. The normalized spacial score (nSPS) is 25.6. The molecule has 0 radical (unpaired) electrons. The van der Waals surface area contributed by atoms with Crippen LogP contribution in [0.25, 0.3) is 0 Å². The van der Waals surface area contributed by atoms with Gasteiger partial charge in [0.15, 0.2) is 0 Å². The lowest BCUT2D eigenvalue weighted by atomic mass is 9.91. The molecule has 3 nitrogen and oxygen atoms in total. The highest BCUT2D eigenvalue weighted by molar-refractivity contribution is 5.29. The molecule has 1 heterocycles. The predicted octanol–water partition coefficient (Wildman–Crippen LogP) is 2.08. The van der Waals surface area contributed by atoms with Crippen molar-refractivity contribution in [3.8, 4) is 5.75 Å². The summed E-state index contributed by atoms with van der Waals surface area (Å²) in [7, 11) is 1.75. The van der Waals surface area contributed by atoms with E-state index < -0.39 is 0 Å². The Bertz CT molecular complexity index is 332. The van der Waals surface area contributed by atoms with Gasteiger partial charge in [-0.3, -0.25) is 0 Å². The van der Waals surface area contributed by atoms with E-state index in [-0.39, 0.29) is 0 Å². The van der Waals surface area contributed by atoms with Crippen LogP contribution in [0.15, 0.2) is 24.3 Å². The SMILES string of the molecule is COCC1CCC(c2cccc(O)c2)NC1. The smallest absolute Gasteiger partial charge is 0.115 e. The van der Waals surface area contributed by atoms with E-state index in [9.17, 15) is 5.11 Å².